The Balaban J connectivity index is 2.64. The van der Waals surface area contributed by atoms with E-state index >= 15 is 0 Å². The van der Waals surface area contributed by atoms with Gasteiger partial charge in [-0.2, -0.15) is 5.10 Å². The maximum absolute atomic E-state index is 13.0. The van der Waals surface area contributed by atoms with E-state index in [2.05, 4.69) is 5.10 Å². The maximum Gasteiger partial charge on any atom is 0.131 e. The summed E-state index contributed by atoms with van der Waals surface area (Å²) in [4.78, 5) is 0. The monoisotopic (exact) mass is 221 g/mol. The van der Waals surface area contributed by atoms with Crippen molar-refractivity contribution in [2.75, 3.05) is 12.8 Å². The van der Waals surface area contributed by atoms with E-state index in [-0.39, 0.29) is 5.82 Å². The van der Waals surface area contributed by atoms with Gasteiger partial charge < -0.3 is 10.5 Å². The zero-order chi connectivity index (χ0) is 11.7. The first-order valence-corrected chi connectivity index (χ1v) is 4.75. The van der Waals surface area contributed by atoms with Gasteiger partial charge in [-0.05, 0) is 12.1 Å². The quantitative estimate of drug-likeness (QED) is 0.841. The summed E-state index contributed by atoms with van der Waals surface area (Å²) in [5.74, 6) is 0.0941. The molecule has 0 atom stereocenters. The first-order chi connectivity index (χ1) is 7.63. The van der Waals surface area contributed by atoms with Crippen LogP contribution >= 0.6 is 0 Å². The predicted octanol–water partition coefficient (Wildman–Crippen LogP) is 1.82. The molecule has 84 valence electrons. The Kier molecular flexibility index (Phi) is 2.52. The standard InChI is InChI=1S/C11H12FN3O/c1-15-11(9(13)6-14-15)8-4-3-7(12)5-10(8)16-2/h3-6H,13H2,1-2H3. The van der Waals surface area contributed by atoms with E-state index in [1.165, 1.54) is 19.2 Å². The first-order valence-electron chi connectivity index (χ1n) is 4.75. The fourth-order valence-electron chi connectivity index (χ4n) is 1.65. The van der Waals surface area contributed by atoms with E-state index in [0.29, 0.717) is 11.4 Å². The Bertz CT molecular complexity index is 502. The number of aromatic nitrogens is 2. The molecule has 0 aliphatic carbocycles. The second-order valence-corrected chi connectivity index (χ2v) is 3.42. The highest BCUT2D eigenvalue weighted by Crippen LogP contribution is 2.33. The molecule has 0 fully saturated rings. The number of nitrogen functional groups attached to an aromatic ring is 1. The summed E-state index contributed by atoms with van der Waals surface area (Å²) in [5.41, 5.74) is 7.78. The van der Waals surface area contributed by atoms with Crippen LogP contribution in [0, 0.1) is 5.82 Å². The maximum atomic E-state index is 13.0. The van der Waals surface area contributed by atoms with Gasteiger partial charge in [0.25, 0.3) is 0 Å². The van der Waals surface area contributed by atoms with Gasteiger partial charge in [-0.1, -0.05) is 0 Å². The third-order valence-corrected chi connectivity index (χ3v) is 2.39. The molecule has 1 aromatic heterocycles. The molecular formula is C11H12FN3O. The number of nitrogens with two attached hydrogens (primary N) is 1. The van der Waals surface area contributed by atoms with Gasteiger partial charge >= 0.3 is 0 Å². The SMILES string of the molecule is COc1cc(F)ccc1-c1c(N)cnn1C. The van der Waals surface area contributed by atoms with Crippen LogP contribution < -0.4 is 10.5 Å². The molecule has 1 aromatic carbocycles. The lowest BCUT2D eigenvalue weighted by Gasteiger charge is -2.09. The Labute approximate surface area is 92.4 Å². The molecule has 0 aliphatic heterocycles. The highest BCUT2D eigenvalue weighted by Gasteiger charge is 2.13. The normalized spacial score (nSPS) is 10.4. The summed E-state index contributed by atoms with van der Waals surface area (Å²) in [5, 5.41) is 4.03. The Morgan fingerprint density at radius 1 is 1.44 bits per heavy atom. The lowest BCUT2D eigenvalue weighted by atomic mass is 10.1. The van der Waals surface area contributed by atoms with Gasteiger partial charge in [0.05, 0.1) is 24.7 Å². The Hall–Kier alpha value is -2.04. The van der Waals surface area contributed by atoms with Crippen molar-refractivity contribution in [3.63, 3.8) is 0 Å². The van der Waals surface area contributed by atoms with Crippen molar-refractivity contribution in [2.24, 2.45) is 7.05 Å². The highest BCUT2D eigenvalue weighted by molar-refractivity contribution is 5.77. The minimum absolute atomic E-state index is 0.346. The van der Waals surface area contributed by atoms with Gasteiger partial charge in [0.15, 0.2) is 0 Å². The van der Waals surface area contributed by atoms with E-state index < -0.39 is 0 Å². The summed E-state index contributed by atoms with van der Waals surface area (Å²) in [7, 11) is 3.26. The molecule has 0 saturated carbocycles. The lowest BCUT2D eigenvalue weighted by Crippen LogP contribution is -1.98. The molecular weight excluding hydrogens is 209 g/mol. The van der Waals surface area contributed by atoms with Gasteiger partial charge in [0, 0.05) is 18.7 Å². The molecule has 1 heterocycles. The van der Waals surface area contributed by atoms with Crippen molar-refractivity contribution in [2.45, 2.75) is 0 Å². The highest BCUT2D eigenvalue weighted by atomic mass is 19.1. The number of benzene rings is 1. The van der Waals surface area contributed by atoms with Crippen LogP contribution in [0.4, 0.5) is 10.1 Å². The molecule has 0 bridgehead atoms. The fourth-order valence-corrected chi connectivity index (χ4v) is 1.65. The van der Waals surface area contributed by atoms with Crippen LogP contribution in [0.5, 0.6) is 5.75 Å². The van der Waals surface area contributed by atoms with Crippen molar-refractivity contribution in [1.29, 1.82) is 0 Å². The molecule has 16 heavy (non-hydrogen) atoms. The topological polar surface area (TPSA) is 53.1 Å². The third kappa shape index (κ3) is 1.60. The van der Waals surface area contributed by atoms with E-state index in [0.717, 1.165) is 11.3 Å². The molecule has 0 saturated heterocycles. The van der Waals surface area contributed by atoms with Gasteiger partial charge in [0.2, 0.25) is 0 Å². The zero-order valence-electron chi connectivity index (χ0n) is 9.07. The fraction of sp³-hybridized carbons (Fsp3) is 0.182. The van der Waals surface area contributed by atoms with Gasteiger partial charge in [-0.25, -0.2) is 4.39 Å². The smallest absolute Gasteiger partial charge is 0.131 e. The second kappa shape index (κ2) is 3.84. The summed E-state index contributed by atoms with van der Waals surface area (Å²) in [6.45, 7) is 0. The van der Waals surface area contributed by atoms with Crippen molar-refractivity contribution in [3.8, 4) is 17.0 Å². The van der Waals surface area contributed by atoms with E-state index in [1.807, 2.05) is 0 Å². The van der Waals surface area contributed by atoms with Crippen LogP contribution in [-0.2, 0) is 7.05 Å². The summed E-state index contributed by atoms with van der Waals surface area (Å²) >= 11 is 0. The molecule has 2 N–H and O–H groups in total. The number of ether oxygens (including phenoxy) is 1. The van der Waals surface area contributed by atoms with Crippen LogP contribution in [0.2, 0.25) is 0 Å². The number of rotatable bonds is 2. The molecule has 4 nitrogen and oxygen atoms in total. The summed E-state index contributed by atoms with van der Waals surface area (Å²) in [6.07, 6.45) is 1.55. The number of aryl methyl sites for hydroxylation is 1. The first kappa shape index (κ1) is 10.5. The van der Waals surface area contributed by atoms with Crippen LogP contribution in [0.3, 0.4) is 0 Å². The number of hydrogen-bond donors (Lipinski definition) is 1. The largest absolute Gasteiger partial charge is 0.496 e. The Morgan fingerprint density at radius 3 is 2.75 bits per heavy atom. The number of methoxy groups -OCH3 is 1. The number of anilines is 1. The van der Waals surface area contributed by atoms with E-state index in [1.54, 1.807) is 24.0 Å². The predicted molar refractivity (Wildman–Crippen MR) is 59.6 cm³/mol. The second-order valence-electron chi connectivity index (χ2n) is 3.42. The molecule has 2 rings (SSSR count). The van der Waals surface area contributed by atoms with Crippen LogP contribution in [0.15, 0.2) is 24.4 Å². The van der Waals surface area contributed by atoms with Gasteiger partial charge in [-0.3, -0.25) is 4.68 Å². The number of nitrogens with zero attached hydrogens (tertiary/aromatic N) is 2. The molecule has 2 aromatic rings. The summed E-state index contributed by atoms with van der Waals surface area (Å²) < 4.78 is 19.8. The minimum atomic E-state index is -0.346. The van der Waals surface area contributed by atoms with Crippen LogP contribution in [0.25, 0.3) is 11.3 Å². The van der Waals surface area contributed by atoms with Crippen LogP contribution in [0.1, 0.15) is 0 Å². The Morgan fingerprint density at radius 2 is 2.19 bits per heavy atom. The van der Waals surface area contributed by atoms with Crippen molar-refractivity contribution in [1.82, 2.24) is 9.78 Å². The van der Waals surface area contributed by atoms with Crippen LogP contribution in [-0.4, -0.2) is 16.9 Å². The third-order valence-electron chi connectivity index (χ3n) is 2.39. The minimum Gasteiger partial charge on any atom is -0.496 e. The lowest BCUT2D eigenvalue weighted by molar-refractivity contribution is 0.412. The van der Waals surface area contributed by atoms with Gasteiger partial charge in [0.1, 0.15) is 11.6 Å². The van der Waals surface area contributed by atoms with Crippen molar-refractivity contribution < 1.29 is 9.13 Å². The zero-order valence-corrected chi connectivity index (χ0v) is 9.07. The van der Waals surface area contributed by atoms with Gasteiger partial charge in [-0.15, -0.1) is 0 Å². The van der Waals surface area contributed by atoms with E-state index in [4.69, 9.17) is 10.5 Å². The molecule has 0 spiro atoms. The average Bonchev–Trinajstić information content (AvgIpc) is 2.59. The molecule has 0 radical (unpaired) electrons. The van der Waals surface area contributed by atoms with Crippen molar-refractivity contribution in [3.05, 3.63) is 30.2 Å². The number of hydrogen-bond acceptors (Lipinski definition) is 3. The summed E-state index contributed by atoms with van der Waals surface area (Å²) in [6, 6.07) is 4.31. The molecule has 5 heteroatoms. The molecule has 0 unspecified atom stereocenters. The van der Waals surface area contributed by atoms with Crippen molar-refractivity contribution >= 4 is 5.69 Å². The average molecular weight is 221 g/mol. The van der Waals surface area contributed by atoms with E-state index in [9.17, 15) is 4.39 Å². The molecule has 0 aliphatic rings. The number of halogens is 1. The molecule has 0 amide bonds.